The molecule has 1 atom stereocenters. The summed E-state index contributed by atoms with van der Waals surface area (Å²) >= 11 is 0. The molecule has 1 amide bonds. The molecule has 0 spiro atoms. The van der Waals surface area contributed by atoms with Crippen LogP contribution >= 0.6 is 0 Å². The van der Waals surface area contributed by atoms with E-state index < -0.39 is 10.0 Å². The highest BCUT2D eigenvalue weighted by Gasteiger charge is 2.29. The molecule has 0 unspecified atom stereocenters. The van der Waals surface area contributed by atoms with Crippen LogP contribution in [-0.4, -0.2) is 74.8 Å². The Morgan fingerprint density at radius 2 is 1.77 bits per heavy atom. The van der Waals surface area contributed by atoms with E-state index in [1.165, 1.54) is 10.5 Å². The van der Waals surface area contributed by atoms with Crippen LogP contribution in [0.2, 0.25) is 0 Å². The number of nitrogens with zero attached hydrogens (tertiary/aromatic N) is 4. The lowest BCUT2D eigenvalue weighted by atomic mass is 9.97. The number of benzene rings is 1. The molecule has 1 aromatic heterocycles. The molecule has 1 N–H and O–H groups in total. The maximum absolute atomic E-state index is 12.9. The SMILES string of the molecule is CN1CCN(S(=O)(=O)c2ccc(N3CCC[C@@H](C(=O)Nc4ccccc4)C3)nc2)CC1. The molecule has 2 aliphatic heterocycles. The minimum Gasteiger partial charge on any atom is -0.356 e. The molecule has 9 heteroatoms. The van der Waals surface area contributed by atoms with E-state index in [1.54, 1.807) is 12.1 Å². The number of hydrogen-bond donors (Lipinski definition) is 1. The molecule has 2 fully saturated rings. The first-order valence-electron chi connectivity index (χ1n) is 10.7. The summed E-state index contributed by atoms with van der Waals surface area (Å²) in [6.07, 6.45) is 3.15. The lowest BCUT2D eigenvalue weighted by Gasteiger charge is -2.33. The van der Waals surface area contributed by atoms with E-state index in [0.29, 0.717) is 25.5 Å². The van der Waals surface area contributed by atoms with Crippen molar-refractivity contribution in [3.8, 4) is 0 Å². The highest BCUT2D eigenvalue weighted by molar-refractivity contribution is 7.89. The Bertz CT molecular complexity index is 990. The Labute approximate surface area is 183 Å². The van der Waals surface area contributed by atoms with E-state index >= 15 is 0 Å². The molecule has 2 aromatic rings. The van der Waals surface area contributed by atoms with Gasteiger partial charge in [-0.05, 0) is 44.2 Å². The second kappa shape index (κ2) is 9.33. The van der Waals surface area contributed by atoms with Crippen molar-refractivity contribution in [1.29, 1.82) is 0 Å². The van der Waals surface area contributed by atoms with Crippen molar-refractivity contribution in [2.24, 2.45) is 5.92 Å². The average Bonchev–Trinajstić information content (AvgIpc) is 2.80. The number of likely N-dealkylation sites (N-methyl/N-ethyl adjacent to an activating group) is 1. The van der Waals surface area contributed by atoms with E-state index in [4.69, 9.17) is 0 Å². The third kappa shape index (κ3) is 5.06. The minimum atomic E-state index is -3.53. The number of sulfonamides is 1. The number of pyridine rings is 1. The maximum atomic E-state index is 12.9. The molecular weight excluding hydrogens is 414 g/mol. The number of piperazine rings is 1. The van der Waals surface area contributed by atoms with Gasteiger partial charge in [-0.2, -0.15) is 4.31 Å². The molecular formula is C22H29N5O3S. The molecule has 0 saturated carbocycles. The van der Waals surface area contributed by atoms with Crippen molar-refractivity contribution in [3.05, 3.63) is 48.7 Å². The molecule has 0 aliphatic carbocycles. The second-order valence-electron chi connectivity index (χ2n) is 8.20. The first-order chi connectivity index (χ1) is 14.9. The zero-order chi connectivity index (χ0) is 21.8. The van der Waals surface area contributed by atoms with Gasteiger partial charge in [-0.1, -0.05) is 18.2 Å². The number of para-hydroxylation sites is 1. The number of carbonyl (C=O) groups is 1. The number of rotatable bonds is 5. The van der Waals surface area contributed by atoms with Crippen molar-refractivity contribution in [2.45, 2.75) is 17.7 Å². The number of hydrogen-bond acceptors (Lipinski definition) is 6. The predicted octanol–water partition coefficient (Wildman–Crippen LogP) is 1.87. The summed E-state index contributed by atoms with van der Waals surface area (Å²) in [4.78, 5) is 21.5. The number of piperidine rings is 1. The number of nitrogens with one attached hydrogen (secondary N) is 1. The summed E-state index contributed by atoms with van der Waals surface area (Å²) in [7, 11) is -1.54. The van der Waals surface area contributed by atoms with Crippen molar-refractivity contribution in [1.82, 2.24) is 14.2 Å². The van der Waals surface area contributed by atoms with Crippen LogP contribution in [0.4, 0.5) is 11.5 Å². The Balaban J connectivity index is 1.41. The summed E-state index contributed by atoms with van der Waals surface area (Å²) in [6, 6.07) is 12.8. The Morgan fingerprint density at radius 1 is 1.03 bits per heavy atom. The molecule has 8 nitrogen and oxygen atoms in total. The molecule has 31 heavy (non-hydrogen) atoms. The van der Waals surface area contributed by atoms with Gasteiger partial charge in [0.15, 0.2) is 0 Å². The van der Waals surface area contributed by atoms with Gasteiger partial charge in [-0.25, -0.2) is 13.4 Å². The van der Waals surface area contributed by atoms with Crippen molar-refractivity contribution >= 4 is 27.4 Å². The Kier molecular flexibility index (Phi) is 6.54. The van der Waals surface area contributed by atoms with E-state index in [1.807, 2.05) is 37.4 Å². The fourth-order valence-electron chi connectivity index (χ4n) is 4.05. The van der Waals surface area contributed by atoms with Gasteiger partial charge in [0.2, 0.25) is 15.9 Å². The summed E-state index contributed by atoms with van der Waals surface area (Å²) in [6.45, 7) is 3.80. The topological polar surface area (TPSA) is 85.9 Å². The monoisotopic (exact) mass is 443 g/mol. The lowest BCUT2D eigenvalue weighted by molar-refractivity contribution is -0.120. The fraction of sp³-hybridized carbons (Fsp3) is 0.455. The largest absolute Gasteiger partial charge is 0.356 e. The molecule has 2 aliphatic rings. The van der Waals surface area contributed by atoms with Crippen LogP contribution in [0.25, 0.3) is 0 Å². The fourth-order valence-corrected chi connectivity index (χ4v) is 5.42. The van der Waals surface area contributed by atoms with Crippen molar-refractivity contribution in [2.75, 3.05) is 56.5 Å². The Morgan fingerprint density at radius 3 is 2.45 bits per heavy atom. The first kappa shape index (κ1) is 21.7. The predicted molar refractivity (Wildman–Crippen MR) is 121 cm³/mol. The van der Waals surface area contributed by atoms with Crippen LogP contribution in [0.3, 0.4) is 0 Å². The summed E-state index contributed by atoms with van der Waals surface area (Å²) in [5, 5.41) is 2.98. The van der Waals surface area contributed by atoms with E-state index in [9.17, 15) is 13.2 Å². The molecule has 0 radical (unpaired) electrons. The third-order valence-corrected chi connectivity index (χ3v) is 7.86. The first-order valence-corrected chi connectivity index (χ1v) is 12.1. The highest BCUT2D eigenvalue weighted by atomic mass is 32.2. The number of carbonyl (C=O) groups excluding carboxylic acids is 1. The van der Waals surface area contributed by atoms with Gasteiger partial charge in [-0.3, -0.25) is 4.79 Å². The smallest absolute Gasteiger partial charge is 0.244 e. The van der Waals surface area contributed by atoms with Gasteiger partial charge in [-0.15, -0.1) is 0 Å². The normalized spacial score (nSPS) is 21.1. The molecule has 166 valence electrons. The summed E-state index contributed by atoms with van der Waals surface area (Å²) in [5.41, 5.74) is 0.793. The quantitative estimate of drug-likeness (QED) is 0.759. The van der Waals surface area contributed by atoms with Crippen LogP contribution in [-0.2, 0) is 14.8 Å². The van der Waals surface area contributed by atoms with Gasteiger partial charge < -0.3 is 15.1 Å². The zero-order valence-electron chi connectivity index (χ0n) is 17.8. The lowest BCUT2D eigenvalue weighted by Crippen LogP contribution is -2.47. The summed E-state index contributed by atoms with van der Waals surface area (Å²) < 4.78 is 27.3. The third-order valence-electron chi connectivity index (χ3n) is 5.98. The highest BCUT2D eigenvalue weighted by Crippen LogP contribution is 2.25. The van der Waals surface area contributed by atoms with E-state index in [0.717, 1.165) is 38.2 Å². The molecule has 0 bridgehead atoms. The van der Waals surface area contributed by atoms with Crippen LogP contribution < -0.4 is 10.2 Å². The molecule has 3 heterocycles. The zero-order valence-corrected chi connectivity index (χ0v) is 18.6. The number of aromatic nitrogens is 1. The van der Waals surface area contributed by atoms with Crippen LogP contribution in [0.15, 0.2) is 53.6 Å². The standard InChI is InChI=1S/C22H29N5O3S/c1-25-12-14-27(15-13-25)31(29,30)20-9-10-21(23-16-20)26-11-5-6-18(17-26)22(28)24-19-7-3-2-4-8-19/h2-4,7-10,16,18H,5-6,11-15,17H2,1H3,(H,24,28)/t18-/m1/s1. The average molecular weight is 444 g/mol. The molecule has 2 saturated heterocycles. The van der Waals surface area contributed by atoms with Crippen LogP contribution in [0.5, 0.6) is 0 Å². The summed E-state index contributed by atoms with van der Waals surface area (Å²) in [5.74, 6) is 0.573. The minimum absolute atomic E-state index is 0.00478. The molecule has 4 rings (SSSR count). The van der Waals surface area contributed by atoms with E-state index in [2.05, 4.69) is 20.1 Å². The number of amides is 1. The van der Waals surface area contributed by atoms with Gasteiger partial charge >= 0.3 is 0 Å². The van der Waals surface area contributed by atoms with Gasteiger partial charge in [0.05, 0.1) is 5.92 Å². The van der Waals surface area contributed by atoms with Crippen LogP contribution in [0.1, 0.15) is 12.8 Å². The van der Waals surface area contributed by atoms with Gasteiger partial charge in [0.25, 0.3) is 0 Å². The van der Waals surface area contributed by atoms with Gasteiger partial charge in [0.1, 0.15) is 10.7 Å². The molecule has 1 aromatic carbocycles. The van der Waals surface area contributed by atoms with Crippen molar-refractivity contribution in [3.63, 3.8) is 0 Å². The van der Waals surface area contributed by atoms with E-state index in [-0.39, 0.29) is 16.7 Å². The Hall–Kier alpha value is -2.49. The second-order valence-corrected chi connectivity index (χ2v) is 10.1. The maximum Gasteiger partial charge on any atom is 0.244 e. The van der Waals surface area contributed by atoms with Crippen molar-refractivity contribution < 1.29 is 13.2 Å². The van der Waals surface area contributed by atoms with Crippen LogP contribution in [0, 0.1) is 5.92 Å². The number of anilines is 2. The van der Waals surface area contributed by atoms with Gasteiger partial charge in [0, 0.05) is 51.2 Å².